The normalized spacial score (nSPS) is 29.4. The van der Waals surface area contributed by atoms with Gasteiger partial charge in [-0.2, -0.15) is 16.6 Å². The van der Waals surface area contributed by atoms with Crippen LogP contribution in [0.5, 0.6) is 0 Å². The van der Waals surface area contributed by atoms with E-state index in [4.69, 9.17) is 0 Å². The first-order valence-electron chi connectivity index (χ1n) is 6.88. The van der Waals surface area contributed by atoms with Gasteiger partial charge < -0.3 is 4.90 Å². The lowest BCUT2D eigenvalue weighted by molar-refractivity contribution is -0.146. The van der Waals surface area contributed by atoms with Crippen LogP contribution >= 0.6 is 11.3 Å². The number of nitrogens with zero attached hydrogens (tertiary/aromatic N) is 2. The summed E-state index contributed by atoms with van der Waals surface area (Å²) in [5.41, 5.74) is 0.462. The van der Waals surface area contributed by atoms with E-state index in [1.54, 1.807) is 11.3 Å². The van der Waals surface area contributed by atoms with Crippen LogP contribution in [0.1, 0.15) is 38.2 Å². The van der Waals surface area contributed by atoms with E-state index in [0.29, 0.717) is 18.5 Å². The van der Waals surface area contributed by atoms with Gasteiger partial charge in [0.25, 0.3) is 0 Å². The molecular weight excluding hydrogens is 256 g/mol. The second-order valence-electron chi connectivity index (χ2n) is 6.00. The second-order valence-corrected chi connectivity index (χ2v) is 6.78. The Balaban J connectivity index is 1.77. The van der Waals surface area contributed by atoms with Crippen molar-refractivity contribution in [2.75, 3.05) is 0 Å². The minimum Gasteiger partial charge on any atom is -0.334 e. The van der Waals surface area contributed by atoms with Crippen molar-refractivity contribution in [3.8, 4) is 6.07 Å². The van der Waals surface area contributed by atoms with Crippen molar-refractivity contribution in [2.24, 2.45) is 11.3 Å². The molecule has 2 aliphatic carbocycles. The highest BCUT2D eigenvalue weighted by Crippen LogP contribution is 2.47. The van der Waals surface area contributed by atoms with Gasteiger partial charge >= 0.3 is 0 Å². The smallest absolute Gasteiger partial charge is 0.243 e. The Morgan fingerprint density at radius 1 is 1.58 bits per heavy atom. The predicted molar refractivity (Wildman–Crippen MR) is 74.3 cm³/mol. The molecule has 0 aliphatic heterocycles. The highest BCUT2D eigenvalue weighted by atomic mass is 32.1. The number of rotatable bonds is 4. The third-order valence-corrected chi connectivity index (χ3v) is 4.93. The molecular formula is C15H18N2OS. The molecule has 19 heavy (non-hydrogen) atoms. The minimum atomic E-state index is -0.724. The Bertz CT molecular complexity index is 507. The predicted octanol–water partition coefficient (Wildman–Crippen LogP) is 3.18. The number of nitriles is 1. The van der Waals surface area contributed by atoms with Gasteiger partial charge in [-0.05, 0) is 54.0 Å². The summed E-state index contributed by atoms with van der Waals surface area (Å²) in [5, 5.41) is 13.5. The van der Waals surface area contributed by atoms with Crippen LogP contribution in [0.25, 0.3) is 0 Å². The van der Waals surface area contributed by atoms with Gasteiger partial charge in [0.15, 0.2) is 0 Å². The average molecular weight is 274 g/mol. The van der Waals surface area contributed by atoms with Crippen molar-refractivity contribution in [2.45, 2.75) is 45.2 Å². The lowest BCUT2D eigenvalue weighted by Gasteiger charge is -2.42. The van der Waals surface area contributed by atoms with Gasteiger partial charge in [0.05, 0.1) is 6.07 Å². The van der Waals surface area contributed by atoms with Gasteiger partial charge in [0.1, 0.15) is 5.41 Å². The molecule has 100 valence electrons. The van der Waals surface area contributed by atoms with Gasteiger partial charge in [0.2, 0.25) is 5.91 Å². The molecule has 0 radical (unpaired) electrons. The summed E-state index contributed by atoms with van der Waals surface area (Å²) >= 11 is 1.66. The van der Waals surface area contributed by atoms with Gasteiger partial charge in [-0.25, -0.2) is 0 Å². The molecule has 1 aromatic heterocycles. The fourth-order valence-electron chi connectivity index (χ4n) is 3.05. The van der Waals surface area contributed by atoms with E-state index in [1.807, 2.05) is 10.3 Å². The van der Waals surface area contributed by atoms with Crippen LogP contribution in [0.15, 0.2) is 16.8 Å². The molecule has 3 nitrogen and oxygen atoms in total. The fraction of sp³-hybridized carbons (Fsp3) is 0.600. The largest absolute Gasteiger partial charge is 0.334 e. The van der Waals surface area contributed by atoms with Gasteiger partial charge in [0, 0.05) is 12.6 Å². The highest BCUT2D eigenvalue weighted by Gasteiger charge is 2.52. The lowest BCUT2D eigenvalue weighted by Crippen LogP contribution is -2.50. The van der Waals surface area contributed by atoms with E-state index in [0.717, 1.165) is 25.7 Å². The Morgan fingerprint density at radius 2 is 2.32 bits per heavy atom. The van der Waals surface area contributed by atoms with E-state index in [2.05, 4.69) is 24.4 Å². The molecule has 0 aromatic carbocycles. The third kappa shape index (κ3) is 2.28. The molecule has 2 saturated carbocycles. The maximum atomic E-state index is 12.7. The molecule has 2 aliphatic rings. The van der Waals surface area contributed by atoms with Crippen molar-refractivity contribution >= 4 is 17.2 Å². The Morgan fingerprint density at radius 3 is 2.79 bits per heavy atom. The molecule has 1 aromatic rings. The lowest BCUT2D eigenvalue weighted by atomic mass is 9.62. The summed E-state index contributed by atoms with van der Waals surface area (Å²) in [6.07, 6.45) is 3.64. The third-order valence-electron chi connectivity index (χ3n) is 4.20. The first kappa shape index (κ1) is 12.7. The van der Waals surface area contributed by atoms with Crippen LogP contribution in [0.3, 0.4) is 0 Å². The fourth-order valence-corrected chi connectivity index (χ4v) is 3.71. The molecule has 0 saturated heterocycles. The number of hydrogen-bond donors (Lipinski definition) is 0. The zero-order valence-electron chi connectivity index (χ0n) is 11.1. The molecule has 0 N–H and O–H groups in total. The van der Waals surface area contributed by atoms with E-state index < -0.39 is 5.41 Å². The van der Waals surface area contributed by atoms with Crippen LogP contribution in [-0.2, 0) is 11.3 Å². The van der Waals surface area contributed by atoms with E-state index in [1.165, 1.54) is 5.56 Å². The van der Waals surface area contributed by atoms with Crippen LogP contribution in [-0.4, -0.2) is 16.8 Å². The minimum absolute atomic E-state index is 0.0711. The Labute approximate surface area is 117 Å². The molecule has 1 heterocycles. The van der Waals surface area contributed by atoms with Gasteiger partial charge in [-0.3, -0.25) is 4.79 Å². The van der Waals surface area contributed by atoms with Crippen molar-refractivity contribution < 1.29 is 4.79 Å². The van der Waals surface area contributed by atoms with E-state index in [-0.39, 0.29) is 5.91 Å². The maximum absolute atomic E-state index is 12.7. The first-order valence-corrected chi connectivity index (χ1v) is 7.82. The van der Waals surface area contributed by atoms with Crippen molar-refractivity contribution in [3.63, 3.8) is 0 Å². The maximum Gasteiger partial charge on any atom is 0.243 e. The highest BCUT2D eigenvalue weighted by molar-refractivity contribution is 7.07. The monoisotopic (exact) mass is 274 g/mol. The van der Waals surface area contributed by atoms with E-state index in [9.17, 15) is 10.1 Å². The van der Waals surface area contributed by atoms with Crippen molar-refractivity contribution in [3.05, 3.63) is 22.4 Å². The number of amides is 1. The Kier molecular flexibility index (Phi) is 3.10. The number of carbonyl (C=O) groups is 1. The molecule has 2 fully saturated rings. The molecule has 0 unspecified atom stereocenters. The van der Waals surface area contributed by atoms with Crippen LogP contribution in [0.2, 0.25) is 0 Å². The summed E-state index contributed by atoms with van der Waals surface area (Å²) in [6.45, 7) is 2.79. The molecule has 0 spiro atoms. The van der Waals surface area contributed by atoms with Crippen molar-refractivity contribution in [1.29, 1.82) is 5.26 Å². The van der Waals surface area contributed by atoms with Crippen LogP contribution in [0, 0.1) is 22.7 Å². The molecule has 1 amide bonds. The zero-order valence-corrected chi connectivity index (χ0v) is 11.9. The van der Waals surface area contributed by atoms with Gasteiger partial charge in [-0.1, -0.05) is 6.92 Å². The van der Waals surface area contributed by atoms with Gasteiger partial charge in [-0.15, -0.1) is 0 Å². The number of hydrogen-bond acceptors (Lipinski definition) is 3. The quantitative estimate of drug-likeness (QED) is 0.846. The average Bonchev–Trinajstić information content (AvgIpc) is 3.08. The molecule has 3 rings (SSSR count). The van der Waals surface area contributed by atoms with Crippen molar-refractivity contribution in [1.82, 2.24) is 4.90 Å². The van der Waals surface area contributed by atoms with Crippen LogP contribution < -0.4 is 0 Å². The first-order chi connectivity index (χ1) is 9.14. The SMILES string of the molecule is CC1CC(C#N)(C(=O)N(Cc2ccsc2)C2CC2)C1. The van der Waals surface area contributed by atoms with Crippen LogP contribution in [0.4, 0.5) is 0 Å². The summed E-state index contributed by atoms with van der Waals surface area (Å²) in [7, 11) is 0. The number of carbonyl (C=O) groups excluding carboxylic acids is 1. The molecule has 4 heteroatoms. The molecule has 0 bridgehead atoms. The molecule has 0 atom stereocenters. The second kappa shape index (κ2) is 4.64. The standard InChI is InChI=1S/C15H18N2OS/c1-11-6-15(7-11,10-16)14(18)17(13-2-3-13)8-12-4-5-19-9-12/h4-5,9,11,13H,2-3,6-8H2,1H3. The number of thiophene rings is 1. The summed E-state index contributed by atoms with van der Waals surface area (Å²) in [5.74, 6) is 0.576. The summed E-state index contributed by atoms with van der Waals surface area (Å²) in [4.78, 5) is 14.7. The zero-order chi connectivity index (χ0) is 13.5. The van der Waals surface area contributed by atoms with E-state index >= 15 is 0 Å². The summed E-state index contributed by atoms with van der Waals surface area (Å²) < 4.78 is 0. The Hall–Kier alpha value is -1.34. The summed E-state index contributed by atoms with van der Waals surface area (Å²) in [6, 6.07) is 4.73. The topological polar surface area (TPSA) is 44.1 Å².